The number of alkyl halides is 12. The minimum absolute atomic E-state index is 0.138. The Labute approximate surface area is 270 Å². The van der Waals surface area contributed by atoms with Gasteiger partial charge in [0.25, 0.3) is 0 Å². The third-order valence-electron chi connectivity index (χ3n) is 6.77. The molecule has 0 aliphatic carbocycles. The molecular formula is C31H5F12N7. The normalized spacial score (nSPS) is 12.9. The van der Waals surface area contributed by atoms with Gasteiger partial charge in [0.05, 0.1) is 67.3 Å². The average molecular weight is 703 g/mol. The van der Waals surface area contributed by atoms with Gasteiger partial charge in [-0.15, -0.1) is 0 Å². The summed E-state index contributed by atoms with van der Waals surface area (Å²) in [7, 11) is 0. The highest BCUT2D eigenvalue weighted by molar-refractivity contribution is 5.86. The summed E-state index contributed by atoms with van der Waals surface area (Å²) < 4.78 is 164. The maximum atomic E-state index is 13.9. The molecule has 50 heavy (non-hydrogen) atoms. The molecule has 3 aromatic carbocycles. The van der Waals surface area contributed by atoms with Crippen LogP contribution in [0.2, 0.25) is 0 Å². The molecule has 0 fully saturated rings. The van der Waals surface area contributed by atoms with E-state index in [9.17, 15) is 89.5 Å². The first-order valence-corrected chi connectivity index (χ1v) is 12.5. The summed E-state index contributed by atoms with van der Waals surface area (Å²) in [5, 5.41) is 66.7. The molecule has 0 aliphatic heterocycles. The second kappa shape index (κ2) is 12.9. The zero-order chi connectivity index (χ0) is 38.1. The molecule has 3 aromatic rings. The zero-order valence-corrected chi connectivity index (χ0v) is 23.6. The van der Waals surface area contributed by atoms with E-state index in [1.165, 1.54) is 30.3 Å². The SMILES string of the molecule is N#C/C(c1ccc(C(F)(F)F)c(C(F)(F)F)c1C#N)=c1\cc(C#N)/c(=C(\C#N)c2ccc(C(F)(F)F)c(C(F)(F)F)c2C#N)c(C#N)c1C#N. The molecule has 0 saturated heterocycles. The smallest absolute Gasteiger partial charge is 0.192 e. The number of nitrogens with zero attached hydrogens (tertiary/aromatic N) is 7. The van der Waals surface area contributed by atoms with E-state index >= 15 is 0 Å². The second-order valence-corrected chi connectivity index (χ2v) is 9.44. The molecule has 0 heterocycles. The molecule has 0 saturated carbocycles. The molecule has 0 radical (unpaired) electrons. The molecule has 0 spiro atoms. The summed E-state index contributed by atoms with van der Waals surface area (Å²) in [6.45, 7) is 0. The van der Waals surface area contributed by atoms with Crippen molar-refractivity contribution < 1.29 is 52.7 Å². The predicted molar refractivity (Wildman–Crippen MR) is 138 cm³/mol. The number of hydrogen-bond acceptors (Lipinski definition) is 7. The van der Waals surface area contributed by atoms with E-state index in [1.807, 2.05) is 0 Å². The first kappa shape index (κ1) is 37.4. The van der Waals surface area contributed by atoms with Crippen LogP contribution in [0.4, 0.5) is 52.7 Å². The molecule has 3 rings (SSSR count). The van der Waals surface area contributed by atoms with Gasteiger partial charge in [-0.3, -0.25) is 0 Å². The largest absolute Gasteiger partial charge is 0.418 e. The first-order chi connectivity index (χ1) is 23.1. The molecule has 0 aromatic heterocycles. The lowest BCUT2D eigenvalue weighted by molar-refractivity contribution is -0.162. The Morgan fingerprint density at radius 1 is 0.440 bits per heavy atom. The first-order valence-electron chi connectivity index (χ1n) is 12.5. The van der Waals surface area contributed by atoms with Crippen LogP contribution in [0.5, 0.6) is 0 Å². The van der Waals surface area contributed by atoms with E-state index in [4.69, 9.17) is 0 Å². The van der Waals surface area contributed by atoms with Crippen molar-refractivity contribution in [3.8, 4) is 42.5 Å². The Morgan fingerprint density at radius 3 is 1.12 bits per heavy atom. The van der Waals surface area contributed by atoms with Crippen LogP contribution in [-0.2, 0) is 24.7 Å². The van der Waals surface area contributed by atoms with Gasteiger partial charge in [0.2, 0.25) is 0 Å². The summed E-state index contributed by atoms with van der Waals surface area (Å²) in [4.78, 5) is 0. The standard InChI is InChI=1S/C31H5F12N7/c32-28(33,34)23-3-1-14(21(11-49)26(23)30(38,39)40)17(7-45)16-5-13(6-44)25(20(10-48)18(16)8-46)19(9-47)15-2-4-24(29(35,36)37)27(22(15)12-50)31(41,42)43/h1-5H/b17-16-,25-19-. The van der Waals surface area contributed by atoms with Crippen molar-refractivity contribution in [2.24, 2.45) is 0 Å². The van der Waals surface area contributed by atoms with E-state index in [0.29, 0.717) is 6.07 Å². The average Bonchev–Trinajstić information content (AvgIpc) is 3.02. The fourth-order valence-corrected chi connectivity index (χ4v) is 4.89. The zero-order valence-electron chi connectivity index (χ0n) is 23.6. The Kier molecular flexibility index (Phi) is 9.65. The maximum Gasteiger partial charge on any atom is 0.418 e. The van der Waals surface area contributed by atoms with Crippen LogP contribution in [0.15, 0.2) is 30.3 Å². The lowest BCUT2D eigenvalue weighted by atomic mass is 9.86. The summed E-state index contributed by atoms with van der Waals surface area (Å²) in [6.07, 6.45) is -23.1. The van der Waals surface area contributed by atoms with Crippen molar-refractivity contribution >= 4 is 11.1 Å². The fraction of sp³-hybridized carbons (Fsp3) is 0.129. The summed E-state index contributed by atoms with van der Waals surface area (Å²) in [5.41, 5.74) is -21.5. The highest BCUT2D eigenvalue weighted by Gasteiger charge is 2.47. The van der Waals surface area contributed by atoms with Gasteiger partial charge in [0, 0.05) is 21.6 Å². The van der Waals surface area contributed by atoms with Gasteiger partial charge in [0.1, 0.15) is 36.4 Å². The van der Waals surface area contributed by atoms with Crippen LogP contribution in [0, 0.1) is 79.3 Å². The number of benzene rings is 3. The van der Waals surface area contributed by atoms with E-state index in [-0.39, 0.29) is 24.3 Å². The third kappa shape index (κ3) is 6.43. The molecule has 0 amide bonds. The number of nitriles is 7. The molecule has 0 unspecified atom stereocenters. The summed E-state index contributed by atoms with van der Waals surface area (Å²) >= 11 is 0. The molecule has 7 nitrogen and oxygen atoms in total. The molecule has 0 atom stereocenters. The topological polar surface area (TPSA) is 167 Å². The number of halogens is 12. The minimum atomic E-state index is -5.88. The van der Waals surface area contributed by atoms with Crippen LogP contribution in [0.25, 0.3) is 11.1 Å². The number of rotatable bonds is 2. The van der Waals surface area contributed by atoms with Crippen molar-refractivity contribution in [3.63, 3.8) is 0 Å². The lowest BCUT2D eigenvalue weighted by Crippen LogP contribution is -2.27. The minimum Gasteiger partial charge on any atom is -0.192 e. The lowest BCUT2D eigenvalue weighted by Gasteiger charge is -2.19. The van der Waals surface area contributed by atoms with Crippen molar-refractivity contribution in [2.75, 3.05) is 0 Å². The highest BCUT2D eigenvalue weighted by atomic mass is 19.4. The predicted octanol–water partition coefficient (Wildman–Crippen LogP) is 6.57. The monoisotopic (exact) mass is 703 g/mol. The van der Waals surface area contributed by atoms with Crippen LogP contribution in [-0.4, -0.2) is 0 Å². The van der Waals surface area contributed by atoms with Crippen LogP contribution < -0.4 is 10.4 Å². The highest BCUT2D eigenvalue weighted by Crippen LogP contribution is 2.45. The van der Waals surface area contributed by atoms with Crippen LogP contribution >= 0.6 is 0 Å². The maximum absolute atomic E-state index is 13.9. The molecule has 0 N–H and O–H groups in total. The van der Waals surface area contributed by atoms with E-state index in [1.54, 1.807) is 0 Å². The molecule has 0 bridgehead atoms. The molecular weight excluding hydrogens is 698 g/mol. The van der Waals surface area contributed by atoms with E-state index in [0.717, 1.165) is 12.1 Å². The third-order valence-corrected chi connectivity index (χ3v) is 6.77. The second-order valence-electron chi connectivity index (χ2n) is 9.44. The van der Waals surface area contributed by atoms with Gasteiger partial charge < -0.3 is 0 Å². The number of hydrogen-bond donors (Lipinski definition) is 0. The summed E-state index contributed by atoms with van der Waals surface area (Å²) in [5.74, 6) is 0. The van der Waals surface area contributed by atoms with E-state index < -0.39 is 107 Å². The molecule has 248 valence electrons. The van der Waals surface area contributed by atoms with Crippen molar-refractivity contribution in [1.29, 1.82) is 36.8 Å². The van der Waals surface area contributed by atoms with Gasteiger partial charge in [-0.2, -0.15) is 89.5 Å². The van der Waals surface area contributed by atoms with Gasteiger partial charge in [-0.1, -0.05) is 12.1 Å². The van der Waals surface area contributed by atoms with Gasteiger partial charge in [-0.25, -0.2) is 0 Å². The van der Waals surface area contributed by atoms with Gasteiger partial charge in [0.15, 0.2) is 0 Å². The Morgan fingerprint density at radius 2 is 0.820 bits per heavy atom. The van der Waals surface area contributed by atoms with Crippen LogP contribution in [0.3, 0.4) is 0 Å². The quantitative estimate of drug-likeness (QED) is 0.272. The Hall–Kier alpha value is -7.01. The van der Waals surface area contributed by atoms with Crippen molar-refractivity contribution in [1.82, 2.24) is 0 Å². The Bertz CT molecular complexity index is 2400. The molecule has 19 heteroatoms. The van der Waals surface area contributed by atoms with Crippen molar-refractivity contribution in [2.45, 2.75) is 24.7 Å². The molecule has 0 aliphatic rings. The van der Waals surface area contributed by atoms with E-state index in [2.05, 4.69) is 0 Å². The fourth-order valence-electron chi connectivity index (χ4n) is 4.89. The van der Waals surface area contributed by atoms with Gasteiger partial charge in [-0.05, 0) is 18.2 Å². The summed E-state index contributed by atoms with van der Waals surface area (Å²) in [6, 6.07) is 8.99. The van der Waals surface area contributed by atoms with Gasteiger partial charge >= 0.3 is 24.7 Å². The Balaban J connectivity index is 2.78. The van der Waals surface area contributed by atoms with Crippen molar-refractivity contribution in [3.05, 3.63) is 102 Å². The van der Waals surface area contributed by atoms with Crippen LogP contribution in [0.1, 0.15) is 61.2 Å².